The van der Waals surface area contributed by atoms with E-state index in [0.29, 0.717) is 11.6 Å². The van der Waals surface area contributed by atoms with E-state index >= 15 is 0 Å². The standard InChI is InChI=1S/C19H22ClNO2S/c20-18-12-7-6-11-17(18)19-13-5-2-8-14-21(19)24(22,23)15-16-9-3-1-4-10-16/h1,3-4,6-7,9-12,19H,2,5,8,13-15H2/t19-/m0/s1. The molecule has 1 aliphatic heterocycles. The van der Waals surface area contributed by atoms with Gasteiger partial charge >= 0.3 is 0 Å². The Kier molecular flexibility index (Phi) is 5.59. The zero-order valence-corrected chi connectivity index (χ0v) is 15.1. The summed E-state index contributed by atoms with van der Waals surface area (Å²) in [6.45, 7) is 0.561. The molecule has 128 valence electrons. The summed E-state index contributed by atoms with van der Waals surface area (Å²) in [5.41, 5.74) is 1.73. The molecule has 0 aliphatic carbocycles. The van der Waals surface area contributed by atoms with E-state index in [2.05, 4.69) is 0 Å². The van der Waals surface area contributed by atoms with Crippen LogP contribution in [-0.2, 0) is 15.8 Å². The van der Waals surface area contributed by atoms with E-state index in [1.165, 1.54) is 0 Å². The van der Waals surface area contributed by atoms with E-state index in [1.54, 1.807) is 4.31 Å². The van der Waals surface area contributed by atoms with Crippen LogP contribution in [0.2, 0.25) is 5.02 Å². The molecular formula is C19H22ClNO2S. The molecule has 0 aromatic heterocycles. The predicted octanol–water partition coefficient (Wildman–Crippen LogP) is 4.79. The van der Waals surface area contributed by atoms with Gasteiger partial charge in [-0.3, -0.25) is 0 Å². The van der Waals surface area contributed by atoms with E-state index in [4.69, 9.17) is 11.6 Å². The molecule has 1 fully saturated rings. The van der Waals surface area contributed by atoms with Gasteiger partial charge in [-0.15, -0.1) is 0 Å². The third kappa shape index (κ3) is 4.00. The average Bonchev–Trinajstić information content (AvgIpc) is 2.82. The summed E-state index contributed by atoms with van der Waals surface area (Å²) in [6, 6.07) is 16.8. The van der Waals surface area contributed by atoms with Crippen LogP contribution < -0.4 is 0 Å². The highest BCUT2D eigenvalue weighted by molar-refractivity contribution is 7.88. The summed E-state index contributed by atoms with van der Waals surface area (Å²) in [5, 5.41) is 0.643. The largest absolute Gasteiger partial charge is 0.218 e. The smallest absolute Gasteiger partial charge is 0.212 e. The van der Waals surface area contributed by atoms with Gasteiger partial charge in [0.15, 0.2) is 0 Å². The van der Waals surface area contributed by atoms with Gasteiger partial charge in [0.25, 0.3) is 0 Å². The molecule has 0 unspecified atom stereocenters. The molecule has 1 aliphatic rings. The van der Waals surface area contributed by atoms with Gasteiger partial charge in [0.2, 0.25) is 10.0 Å². The maximum absolute atomic E-state index is 13.1. The number of hydrogen-bond acceptors (Lipinski definition) is 2. The van der Waals surface area contributed by atoms with Crippen molar-refractivity contribution in [3.05, 3.63) is 70.7 Å². The molecule has 1 saturated heterocycles. The maximum Gasteiger partial charge on any atom is 0.218 e. The number of rotatable bonds is 4. The third-order valence-corrected chi connectivity index (χ3v) is 6.71. The van der Waals surface area contributed by atoms with Crippen molar-refractivity contribution >= 4 is 21.6 Å². The van der Waals surface area contributed by atoms with Crippen molar-refractivity contribution in [2.75, 3.05) is 6.54 Å². The van der Waals surface area contributed by atoms with Gasteiger partial charge in [-0.2, -0.15) is 4.31 Å². The minimum Gasteiger partial charge on any atom is -0.212 e. The van der Waals surface area contributed by atoms with E-state index in [1.807, 2.05) is 54.6 Å². The molecular weight excluding hydrogens is 342 g/mol. The summed E-state index contributed by atoms with van der Waals surface area (Å²) in [6.07, 6.45) is 3.79. The lowest BCUT2D eigenvalue weighted by Gasteiger charge is -2.30. The van der Waals surface area contributed by atoms with Crippen LogP contribution in [0.15, 0.2) is 54.6 Å². The number of sulfonamides is 1. The Bertz CT molecular complexity index is 777. The van der Waals surface area contributed by atoms with E-state index in [9.17, 15) is 8.42 Å². The molecule has 5 heteroatoms. The van der Waals surface area contributed by atoms with Crippen LogP contribution in [0.1, 0.15) is 42.9 Å². The summed E-state index contributed by atoms with van der Waals surface area (Å²) in [4.78, 5) is 0. The normalized spacial score (nSPS) is 19.8. The SMILES string of the molecule is O=S(=O)(Cc1ccccc1)N1CCCCC[C@H]1c1ccccc1Cl. The van der Waals surface area contributed by atoms with Crippen LogP contribution in [0.4, 0.5) is 0 Å². The number of nitrogens with zero attached hydrogens (tertiary/aromatic N) is 1. The van der Waals surface area contributed by atoms with E-state index in [-0.39, 0.29) is 11.8 Å². The Morgan fingerprint density at radius 2 is 1.67 bits per heavy atom. The zero-order valence-electron chi connectivity index (χ0n) is 13.6. The molecule has 2 aromatic carbocycles. The summed E-state index contributed by atoms with van der Waals surface area (Å²) in [7, 11) is -3.40. The topological polar surface area (TPSA) is 37.4 Å². The fourth-order valence-corrected chi connectivity index (χ4v) is 5.39. The second-order valence-electron chi connectivity index (χ2n) is 6.24. The first kappa shape index (κ1) is 17.5. The molecule has 0 bridgehead atoms. The molecule has 1 atom stereocenters. The molecule has 2 aromatic rings. The van der Waals surface area contributed by atoms with Crippen molar-refractivity contribution < 1.29 is 8.42 Å². The number of benzene rings is 2. The first-order chi connectivity index (χ1) is 11.6. The molecule has 0 spiro atoms. The highest BCUT2D eigenvalue weighted by atomic mass is 35.5. The Hall–Kier alpha value is -1.36. The van der Waals surface area contributed by atoms with Crippen molar-refractivity contribution in [2.24, 2.45) is 0 Å². The molecule has 3 nitrogen and oxygen atoms in total. The van der Waals surface area contributed by atoms with Gasteiger partial charge in [-0.25, -0.2) is 8.42 Å². The minimum absolute atomic E-state index is 0.0365. The fourth-order valence-electron chi connectivity index (χ4n) is 3.34. The van der Waals surface area contributed by atoms with Crippen molar-refractivity contribution in [1.29, 1.82) is 0 Å². The van der Waals surface area contributed by atoms with E-state index < -0.39 is 10.0 Å². The second-order valence-corrected chi connectivity index (χ2v) is 8.57. The van der Waals surface area contributed by atoms with Gasteiger partial charge in [0, 0.05) is 11.6 Å². The molecule has 0 amide bonds. The first-order valence-corrected chi connectivity index (χ1v) is 10.3. The highest BCUT2D eigenvalue weighted by Crippen LogP contribution is 2.36. The molecule has 3 rings (SSSR count). The highest BCUT2D eigenvalue weighted by Gasteiger charge is 2.33. The van der Waals surface area contributed by atoms with Crippen LogP contribution in [0.5, 0.6) is 0 Å². The van der Waals surface area contributed by atoms with Crippen molar-refractivity contribution in [2.45, 2.75) is 37.5 Å². The van der Waals surface area contributed by atoms with Crippen molar-refractivity contribution in [3.8, 4) is 0 Å². The summed E-state index contributed by atoms with van der Waals surface area (Å²) < 4.78 is 27.8. The second kappa shape index (κ2) is 7.68. The van der Waals surface area contributed by atoms with Crippen LogP contribution in [0.3, 0.4) is 0 Å². The van der Waals surface area contributed by atoms with Crippen LogP contribution in [-0.4, -0.2) is 19.3 Å². The number of halogens is 1. The lowest BCUT2D eigenvalue weighted by atomic mass is 10.0. The Labute approximate surface area is 149 Å². The molecule has 0 radical (unpaired) electrons. The summed E-state index contributed by atoms with van der Waals surface area (Å²) in [5.74, 6) is 0.0365. The van der Waals surface area contributed by atoms with E-state index in [0.717, 1.165) is 36.8 Å². The third-order valence-electron chi connectivity index (χ3n) is 4.52. The first-order valence-electron chi connectivity index (χ1n) is 8.36. The Balaban J connectivity index is 1.94. The molecule has 0 N–H and O–H groups in total. The van der Waals surface area contributed by atoms with Crippen LogP contribution in [0, 0.1) is 0 Å². The lowest BCUT2D eigenvalue weighted by Crippen LogP contribution is -2.35. The van der Waals surface area contributed by atoms with Gasteiger partial charge in [0.05, 0.1) is 11.8 Å². The van der Waals surface area contributed by atoms with Crippen molar-refractivity contribution in [3.63, 3.8) is 0 Å². The summed E-state index contributed by atoms with van der Waals surface area (Å²) >= 11 is 6.36. The number of hydrogen-bond donors (Lipinski definition) is 0. The molecule has 24 heavy (non-hydrogen) atoms. The van der Waals surface area contributed by atoms with Gasteiger partial charge in [0.1, 0.15) is 0 Å². The van der Waals surface area contributed by atoms with Gasteiger partial charge < -0.3 is 0 Å². The molecule has 0 saturated carbocycles. The average molecular weight is 364 g/mol. The quantitative estimate of drug-likeness (QED) is 0.783. The Morgan fingerprint density at radius 3 is 2.42 bits per heavy atom. The lowest BCUT2D eigenvalue weighted by molar-refractivity contribution is 0.328. The van der Waals surface area contributed by atoms with Crippen molar-refractivity contribution in [1.82, 2.24) is 4.31 Å². The van der Waals surface area contributed by atoms with Crippen LogP contribution >= 0.6 is 11.6 Å². The maximum atomic E-state index is 13.1. The van der Waals surface area contributed by atoms with Gasteiger partial charge in [-0.05, 0) is 30.0 Å². The predicted molar refractivity (Wildman–Crippen MR) is 98.4 cm³/mol. The van der Waals surface area contributed by atoms with Gasteiger partial charge in [-0.1, -0.05) is 73.0 Å². The van der Waals surface area contributed by atoms with Crippen LogP contribution in [0.25, 0.3) is 0 Å². The fraction of sp³-hybridized carbons (Fsp3) is 0.368. The Morgan fingerprint density at radius 1 is 0.958 bits per heavy atom. The zero-order chi connectivity index (χ0) is 17.0. The monoisotopic (exact) mass is 363 g/mol. The molecule has 1 heterocycles. The minimum atomic E-state index is -3.40.